The van der Waals surface area contributed by atoms with Gasteiger partial charge in [-0.1, -0.05) is 42.5 Å². The highest BCUT2D eigenvalue weighted by molar-refractivity contribution is 5.88. The van der Waals surface area contributed by atoms with E-state index in [9.17, 15) is 4.79 Å². The number of hydrogen-bond acceptors (Lipinski definition) is 5. The average molecular weight is 346 g/mol. The molecule has 0 amide bonds. The first kappa shape index (κ1) is 19.4. The molecule has 0 spiro atoms. The smallest absolute Gasteiger partial charge is 0.310 e. The Labute approximate surface area is 148 Å². The molecule has 0 aromatic heterocycles. The summed E-state index contributed by atoms with van der Waals surface area (Å²) >= 11 is 0. The quantitative estimate of drug-likeness (QED) is 0.437. The third-order valence-electron chi connectivity index (χ3n) is 3.65. The molecule has 136 valence electrons. The largest absolute Gasteiger partial charge is 0.463 e. The molecule has 0 radical (unpaired) electrons. The van der Waals surface area contributed by atoms with Crippen LogP contribution in [0.4, 0.5) is 0 Å². The van der Waals surface area contributed by atoms with E-state index >= 15 is 0 Å². The highest BCUT2D eigenvalue weighted by Crippen LogP contribution is 2.19. The van der Waals surface area contributed by atoms with Crippen LogP contribution in [-0.4, -0.2) is 52.2 Å². The van der Waals surface area contributed by atoms with Gasteiger partial charge in [-0.15, -0.1) is 0 Å². The summed E-state index contributed by atoms with van der Waals surface area (Å²) in [5, 5.41) is 2.21. The van der Waals surface area contributed by atoms with Crippen molar-refractivity contribution in [1.82, 2.24) is 0 Å². The van der Waals surface area contributed by atoms with Crippen LogP contribution >= 0.6 is 0 Å². The summed E-state index contributed by atoms with van der Waals surface area (Å²) < 4.78 is 21.1. The first-order chi connectivity index (χ1) is 12.3. The maximum Gasteiger partial charge on any atom is 0.310 e. The van der Waals surface area contributed by atoms with Gasteiger partial charge >= 0.3 is 5.97 Å². The van der Waals surface area contributed by atoms with E-state index in [-0.39, 0.29) is 19.0 Å². The number of ether oxygens (including phenoxy) is 4. The lowest BCUT2D eigenvalue weighted by Crippen LogP contribution is -2.15. The molecule has 5 nitrogen and oxygen atoms in total. The van der Waals surface area contributed by atoms with Gasteiger partial charge in [-0.25, -0.2) is 0 Å². The van der Waals surface area contributed by atoms with Crippen molar-refractivity contribution in [2.45, 2.75) is 13.3 Å². The number of fused-ring (bicyclic) bond motifs is 1. The Hall–Kier alpha value is -1.95. The van der Waals surface area contributed by atoms with Gasteiger partial charge in [0.1, 0.15) is 6.61 Å². The molecule has 2 aromatic rings. The fourth-order valence-electron chi connectivity index (χ4n) is 2.45. The molecule has 25 heavy (non-hydrogen) atoms. The summed E-state index contributed by atoms with van der Waals surface area (Å²) in [5.74, 6) is -0.243. The van der Waals surface area contributed by atoms with E-state index in [1.54, 1.807) is 0 Å². The van der Waals surface area contributed by atoms with Crippen molar-refractivity contribution >= 4 is 16.7 Å². The van der Waals surface area contributed by atoms with Crippen LogP contribution in [-0.2, 0) is 30.2 Å². The molecule has 0 saturated carbocycles. The first-order valence-electron chi connectivity index (χ1n) is 8.66. The van der Waals surface area contributed by atoms with Gasteiger partial charge in [-0.2, -0.15) is 0 Å². The van der Waals surface area contributed by atoms with Gasteiger partial charge in [0, 0.05) is 6.61 Å². The highest BCUT2D eigenvalue weighted by atomic mass is 16.6. The number of carbonyl (C=O) groups excluding carboxylic acids is 1. The zero-order valence-corrected chi connectivity index (χ0v) is 14.7. The van der Waals surface area contributed by atoms with Crippen LogP contribution in [0.1, 0.15) is 12.5 Å². The maximum atomic E-state index is 12.0. The van der Waals surface area contributed by atoms with Crippen LogP contribution in [0, 0.1) is 0 Å². The van der Waals surface area contributed by atoms with Crippen molar-refractivity contribution < 1.29 is 23.7 Å². The Kier molecular flexibility index (Phi) is 8.97. The minimum absolute atomic E-state index is 0.243. The normalized spacial score (nSPS) is 10.9. The van der Waals surface area contributed by atoms with Gasteiger partial charge in [-0.05, 0) is 23.3 Å². The summed E-state index contributed by atoms with van der Waals surface area (Å²) in [7, 11) is 0. The second kappa shape index (κ2) is 11.6. The summed E-state index contributed by atoms with van der Waals surface area (Å²) in [6, 6.07) is 14.0. The summed E-state index contributed by atoms with van der Waals surface area (Å²) in [4.78, 5) is 12.0. The topological polar surface area (TPSA) is 54.0 Å². The van der Waals surface area contributed by atoms with Crippen molar-refractivity contribution in [3.63, 3.8) is 0 Å². The SMILES string of the molecule is CCOCCOCCOCCOC(=O)Cc1cccc2ccccc12. The Balaban J connectivity index is 1.58. The molecule has 2 rings (SSSR count). The van der Waals surface area contributed by atoms with Crippen LogP contribution in [0.15, 0.2) is 42.5 Å². The first-order valence-corrected chi connectivity index (χ1v) is 8.66. The standard InChI is InChI=1S/C20H26O5/c1-2-22-10-11-23-12-13-24-14-15-25-20(21)16-18-8-5-7-17-6-3-4-9-19(17)18/h3-9H,2,10-16H2,1H3. The van der Waals surface area contributed by atoms with Crippen molar-refractivity contribution in [2.75, 3.05) is 46.2 Å². The fourth-order valence-corrected chi connectivity index (χ4v) is 2.45. The van der Waals surface area contributed by atoms with Gasteiger partial charge in [0.2, 0.25) is 0 Å². The van der Waals surface area contributed by atoms with E-state index in [0.29, 0.717) is 39.6 Å². The van der Waals surface area contributed by atoms with Crippen molar-refractivity contribution in [3.8, 4) is 0 Å². The third-order valence-corrected chi connectivity index (χ3v) is 3.65. The molecule has 0 unspecified atom stereocenters. The molecular formula is C20H26O5. The minimum Gasteiger partial charge on any atom is -0.463 e. The second-order valence-corrected chi connectivity index (χ2v) is 5.46. The molecule has 2 aromatic carbocycles. The Bertz CT molecular complexity index is 636. The van der Waals surface area contributed by atoms with Crippen molar-refractivity contribution in [3.05, 3.63) is 48.0 Å². The molecular weight excluding hydrogens is 320 g/mol. The molecule has 0 fully saturated rings. The van der Waals surface area contributed by atoms with E-state index < -0.39 is 0 Å². The molecule has 0 saturated heterocycles. The molecule has 0 aliphatic rings. The molecule has 0 heterocycles. The zero-order valence-electron chi connectivity index (χ0n) is 14.7. The van der Waals surface area contributed by atoms with Crippen LogP contribution in [0.25, 0.3) is 10.8 Å². The monoisotopic (exact) mass is 346 g/mol. The van der Waals surface area contributed by atoms with E-state index in [1.165, 1.54) is 0 Å². The molecule has 0 aliphatic heterocycles. The van der Waals surface area contributed by atoms with Gasteiger partial charge in [0.05, 0.1) is 39.5 Å². The summed E-state index contributed by atoms with van der Waals surface area (Å²) in [6.45, 7) is 5.43. The molecule has 0 N–H and O–H groups in total. The number of hydrogen-bond donors (Lipinski definition) is 0. The van der Waals surface area contributed by atoms with Gasteiger partial charge in [-0.3, -0.25) is 4.79 Å². The average Bonchev–Trinajstić information content (AvgIpc) is 2.63. The van der Waals surface area contributed by atoms with Crippen LogP contribution in [0.3, 0.4) is 0 Å². The van der Waals surface area contributed by atoms with E-state index in [4.69, 9.17) is 18.9 Å². The van der Waals surface area contributed by atoms with Crippen LogP contribution < -0.4 is 0 Å². The number of carbonyl (C=O) groups is 1. The van der Waals surface area contributed by atoms with Gasteiger partial charge < -0.3 is 18.9 Å². The summed E-state index contributed by atoms with van der Waals surface area (Å²) in [5.41, 5.74) is 0.978. The third kappa shape index (κ3) is 7.22. The molecule has 0 atom stereocenters. The lowest BCUT2D eigenvalue weighted by atomic mass is 10.0. The van der Waals surface area contributed by atoms with Gasteiger partial charge in [0.15, 0.2) is 0 Å². The molecule has 0 aliphatic carbocycles. The van der Waals surface area contributed by atoms with E-state index in [1.807, 2.05) is 49.4 Å². The zero-order chi connectivity index (χ0) is 17.7. The maximum absolute atomic E-state index is 12.0. The Morgan fingerprint density at radius 1 is 0.800 bits per heavy atom. The second-order valence-electron chi connectivity index (χ2n) is 5.46. The van der Waals surface area contributed by atoms with Crippen molar-refractivity contribution in [2.24, 2.45) is 0 Å². The van der Waals surface area contributed by atoms with Crippen LogP contribution in [0.2, 0.25) is 0 Å². The highest BCUT2D eigenvalue weighted by Gasteiger charge is 2.07. The Morgan fingerprint density at radius 2 is 1.44 bits per heavy atom. The van der Waals surface area contributed by atoms with E-state index in [0.717, 1.165) is 16.3 Å². The Morgan fingerprint density at radius 3 is 2.20 bits per heavy atom. The number of rotatable bonds is 12. The lowest BCUT2D eigenvalue weighted by Gasteiger charge is -2.08. The fraction of sp³-hybridized carbons (Fsp3) is 0.450. The minimum atomic E-state index is -0.243. The van der Waals surface area contributed by atoms with Crippen molar-refractivity contribution in [1.29, 1.82) is 0 Å². The predicted molar refractivity (Wildman–Crippen MR) is 96.7 cm³/mol. The molecule has 0 bridgehead atoms. The lowest BCUT2D eigenvalue weighted by molar-refractivity contribution is -0.144. The number of esters is 1. The molecule has 5 heteroatoms. The summed E-state index contributed by atoms with van der Waals surface area (Å²) in [6.07, 6.45) is 0.266. The van der Waals surface area contributed by atoms with Crippen LogP contribution in [0.5, 0.6) is 0 Å². The van der Waals surface area contributed by atoms with E-state index in [2.05, 4.69) is 0 Å². The predicted octanol–water partition coefficient (Wildman–Crippen LogP) is 3.00. The van der Waals surface area contributed by atoms with Gasteiger partial charge in [0.25, 0.3) is 0 Å². The number of benzene rings is 2.